The molecule has 0 bridgehead atoms. The van der Waals surface area contributed by atoms with Gasteiger partial charge in [-0.15, -0.1) is 0 Å². The number of morpholine rings is 1. The zero-order chi connectivity index (χ0) is 12.7. The number of nitrogens with zero attached hydrogens (tertiary/aromatic N) is 2. The van der Waals surface area contributed by atoms with Crippen LogP contribution >= 0.6 is 0 Å². The van der Waals surface area contributed by atoms with Crippen LogP contribution in [0.25, 0.3) is 11.0 Å². The number of imidazole rings is 1. The van der Waals surface area contributed by atoms with Gasteiger partial charge in [-0.1, -0.05) is 12.1 Å². The van der Waals surface area contributed by atoms with Gasteiger partial charge >= 0.3 is 0 Å². The highest BCUT2D eigenvalue weighted by molar-refractivity contribution is 6.00. The Bertz CT molecular complexity index is 647. The van der Waals surface area contributed by atoms with Crippen molar-refractivity contribution in [1.29, 1.82) is 0 Å². The molecule has 1 aliphatic rings. The fourth-order valence-corrected chi connectivity index (χ4v) is 2.06. The summed E-state index contributed by atoms with van der Waals surface area (Å²) in [7, 11) is 1.82. The van der Waals surface area contributed by atoms with Crippen molar-refractivity contribution in [3.63, 3.8) is 0 Å². The Kier molecular flexibility index (Phi) is 2.38. The molecule has 1 atom stereocenters. The van der Waals surface area contributed by atoms with Crippen molar-refractivity contribution in [3.05, 3.63) is 30.1 Å². The summed E-state index contributed by atoms with van der Waals surface area (Å²) in [5.74, 6) is -0.388. The van der Waals surface area contributed by atoms with Crippen molar-refractivity contribution in [3.8, 4) is 0 Å². The number of hydrogen-bond acceptors (Lipinski definition) is 4. The zero-order valence-corrected chi connectivity index (χ0v) is 9.71. The number of para-hydroxylation sites is 2. The maximum atomic E-state index is 11.7. The third-order valence-corrected chi connectivity index (χ3v) is 2.94. The molecule has 0 saturated carbocycles. The van der Waals surface area contributed by atoms with Crippen LogP contribution in [-0.4, -0.2) is 28.0 Å². The Morgan fingerprint density at radius 1 is 1.39 bits per heavy atom. The van der Waals surface area contributed by atoms with Crippen molar-refractivity contribution in [2.45, 2.75) is 6.10 Å². The second-order valence-corrected chi connectivity index (χ2v) is 4.12. The summed E-state index contributed by atoms with van der Waals surface area (Å²) >= 11 is 0. The fourth-order valence-electron chi connectivity index (χ4n) is 2.06. The van der Waals surface area contributed by atoms with Gasteiger partial charge in [-0.05, 0) is 12.1 Å². The third-order valence-electron chi connectivity index (χ3n) is 2.94. The molecule has 6 heteroatoms. The van der Waals surface area contributed by atoms with Crippen LogP contribution in [0.15, 0.2) is 24.3 Å². The number of ether oxygens (including phenoxy) is 1. The van der Waals surface area contributed by atoms with Crippen molar-refractivity contribution in [2.24, 2.45) is 7.05 Å². The van der Waals surface area contributed by atoms with E-state index < -0.39 is 17.9 Å². The Hall–Kier alpha value is -2.21. The number of amides is 2. The van der Waals surface area contributed by atoms with Crippen molar-refractivity contribution in [2.75, 3.05) is 6.61 Å². The van der Waals surface area contributed by atoms with Crippen LogP contribution in [0, 0.1) is 0 Å². The van der Waals surface area contributed by atoms with Gasteiger partial charge in [0.25, 0.3) is 11.8 Å². The minimum absolute atomic E-state index is 0.125. The molecule has 2 heterocycles. The predicted molar refractivity (Wildman–Crippen MR) is 62.6 cm³/mol. The van der Waals surface area contributed by atoms with E-state index in [2.05, 4.69) is 10.3 Å². The molecule has 3 rings (SSSR count). The van der Waals surface area contributed by atoms with Gasteiger partial charge in [0.2, 0.25) is 0 Å². The second-order valence-electron chi connectivity index (χ2n) is 4.12. The number of hydrogen-bond donors (Lipinski definition) is 1. The molecule has 1 N–H and O–H groups in total. The fraction of sp³-hybridized carbons (Fsp3) is 0.250. The number of benzene rings is 1. The van der Waals surface area contributed by atoms with Gasteiger partial charge in [0.1, 0.15) is 12.4 Å². The van der Waals surface area contributed by atoms with Gasteiger partial charge in [-0.25, -0.2) is 4.98 Å². The Labute approximate surface area is 103 Å². The highest BCUT2D eigenvalue weighted by atomic mass is 16.5. The van der Waals surface area contributed by atoms with E-state index in [-0.39, 0.29) is 6.61 Å². The van der Waals surface area contributed by atoms with E-state index in [1.807, 2.05) is 31.3 Å². The van der Waals surface area contributed by atoms with E-state index >= 15 is 0 Å². The molecule has 0 spiro atoms. The first-order chi connectivity index (χ1) is 8.66. The summed E-state index contributed by atoms with van der Waals surface area (Å²) < 4.78 is 7.05. The number of aromatic nitrogens is 2. The van der Waals surface area contributed by atoms with Gasteiger partial charge < -0.3 is 9.30 Å². The number of carbonyl (C=O) groups is 2. The maximum absolute atomic E-state index is 11.7. The van der Waals surface area contributed by atoms with Crippen LogP contribution in [-0.2, 0) is 21.4 Å². The lowest BCUT2D eigenvalue weighted by molar-refractivity contribution is -0.150. The van der Waals surface area contributed by atoms with Crippen LogP contribution in [0.4, 0.5) is 0 Å². The number of fused-ring (bicyclic) bond motifs is 1. The van der Waals surface area contributed by atoms with Gasteiger partial charge in [0.15, 0.2) is 6.10 Å². The standard InChI is InChI=1S/C12H11N3O3/c1-15-8-5-3-2-4-7(8)13-11(15)10-12(17)14-9(16)6-18-10/h2-5,10H,6H2,1H3,(H,14,16,17). The topological polar surface area (TPSA) is 73.2 Å². The molecule has 92 valence electrons. The van der Waals surface area contributed by atoms with Crippen molar-refractivity contribution in [1.82, 2.24) is 14.9 Å². The zero-order valence-electron chi connectivity index (χ0n) is 9.71. The summed E-state index contributed by atoms with van der Waals surface area (Å²) in [6, 6.07) is 7.56. The normalized spacial score (nSPS) is 20.2. The maximum Gasteiger partial charge on any atom is 0.263 e. The first kappa shape index (κ1) is 10.9. The Morgan fingerprint density at radius 2 is 2.17 bits per heavy atom. The second kappa shape index (κ2) is 3.92. The van der Waals surface area contributed by atoms with Crippen molar-refractivity contribution < 1.29 is 14.3 Å². The summed E-state index contributed by atoms with van der Waals surface area (Å²) in [5, 5.41) is 2.24. The first-order valence-corrected chi connectivity index (χ1v) is 5.53. The summed E-state index contributed by atoms with van der Waals surface area (Å²) in [6.07, 6.45) is -0.833. The molecule has 1 saturated heterocycles. The lowest BCUT2D eigenvalue weighted by atomic mass is 10.2. The monoisotopic (exact) mass is 245 g/mol. The summed E-state index contributed by atoms with van der Waals surface area (Å²) in [4.78, 5) is 27.1. The van der Waals surface area contributed by atoms with E-state index in [0.29, 0.717) is 5.82 Å². The van der Waals surface area contributed by atoms with Crippen LogP contribution < -0.4 is 5.32 Å². The molecule has 1 unspecified atom stereocenters. The molecule has 1 aromatic carbocycles. The Morgan fingerprint density at radius 3 is 2.89 bits per heavy atom. The molecule has 18 heavy (non-hydrogen) atoms. The lowest BCUT2D eigenvalue weighted by Crippen LogP contribution is -2.44. The van der Waals surface area contributed by atoms with Gasteiger partial charge in [0, 0.05) is 7.05 Å². The molecule has 2 amide bonds. The quantitative estimate of drug-likeness (QED) is 0.733. The number of aryl methyl sites for hydroxylation is 1. The third kappa shape index (κ3) is 1.58. The summed E-state index contributed by atoms with van der Waals surface area (Å²) in [5.41, 5.74) is 1.71. The van der Waals surface area contributed by atoms with Gasteiger partial charge in [-0.2, -0.15) is 0 Å². The number of carbonyl (C=O) groups excluding carboxylic acids is 2. The van der Waals surface area contributed by atoms with E-state index in [0.717, 1.165) is 11.0 Å². The highest BCUT2D eigenvalue weighted by Crippen LogP contribution is 2.23. The molecule has 0 radical (unpaired) electrons. The van der Waals surface area contributed by atoms with Crippen LogP contribution in [0.1, 0.15) is 11.9 Å². The number of nitrogens with one attached hydrogen (secondary N) is 1. The van der Waals surface area contributed by atoms with Crippen LogP contribution in [0.3, 0.4) is 0 Å². The molecule has 1 fully saturated rings. The first-order valence-electron chi connectivity index (χ1n) is 5.53. The number of rotatable bonds is 1. The van der Waals surface area contributed by atoms with Gasteiger partial charge in [0.05, 0.1) is 11.0 Å². The highest BCUT2D eigenvalue weighted by Gasteiger charge is 2.32. The summed E-state index contributed by atoms with van der Waals surface area (Å²) in [6.45, 7) is -0.125. The van der Waals surface area contributed by atoms with Gasteiger partial charge in [-0.3, -0.25) is 14.9 Å². The van der Waals surface area contributed by atoms with E-state index in [4.69, 9.17) is 4.74 Å². The SMILES string of the molecule is Cn1c(C2OCC(=O)NC2=O)nc2ccccc21. The predicted octanol–water partition coefficient (Wildman–Crippen LogP) is 0.287. The minimum Gasteiger partial charge on any atom is -0.350 e. The average molecular weight is 245 g/mol. The molecule has 1 aromatic heterocycles. The minimum atomic E-state index is -0.833. The van der Waals surface area contributed by atoms with E-state index in [1.165, 1.54) is 0 Å². The molecule has 6 nitrogen and oxygen atoms in total. The van der Waals surface area contributed by atoms with E-state index in [9.17, 15) is 9.59 Å². The smallest absolute Gasteiger partial charge is 0.263 e. The molecular weight excluding hydrogens is 234 g/mol. The largest absolute Gasteiger partial charge is 0.350 e. The molecule has 2 aromatic rings. The average Bonchev–Trinajstić information content (AvgIpc) is 2.68. The van der Waals surface area contributed by atoms with Crippen molar-refractivity contribution >= 4 is 22.8 Å². The molecular formula is C12H11N3O3. The molecule has 0 aliphatic carbocycles. The van der Waals surface area contributed by atoms with E-state index in [1.54, 1.807) is 4.57 Å². The molecule has 1 aliphatic heterocycles. The Balaban J connectivity index is 2.06. The number of imide groups is 1. The van der Waals surface area contributed by atoms with Crippen LogP contribution in [0.5, 0.6) is 0 Å². The van der Waals surface area contributed by atoms with Crippen LogP contribution in [0.2, 0.25) is 0 Å². The lowest BCUT2D eigenvalue weighted by Gasteiger charge is -2.20.